The van der Waals surface area contributed by atoms with Crippen molar-refractivity contribution in [3.63, 3.8) is 0 Å². The van der Waals surface area contributed by atoms with Crippen LogP contribution in [0.1, 0.15) is 5.56 Å². The second kappa shape index (κ2) is 4.37. The molecule has 0 fully saturated rings. The first kappa shape index (κ1) is 11.3. The first-order chi connectivity index (χ1) is 8.17. The van der Waals surface area contributed by atoms with Crippen molar-refractivity contribution in [3.05, 3.63) is 23.8 Å². The van der Waals surface area contributed by atoms with Crippen LogP contribution in [0.15, 0.2) is 18.2 Å². The lowest BCUT2D eigenvalue weighted by Gasteiger charge is -2.09. The Morgan fingerprint density at radius 3 is 2.53 bits per heavy atom. The first-order valence-electron chi connectivity index (χ1n) is 5.20. The molecule has 90 valence electrons. The van der Waals surface area contributed by atoms with E-state index in [0.29, 0.717) is 5.82 Å². The summed E-state index contributed by atoms with van der Waals surface area (Å²) in [5.41, 5.74) is 8.35. The average molecular weight is 233 g/mol. The third kappa shape index (κ3) is 1.91. The molecule has 0 aliphatic rings. The van der Waals surface area contributed by atoms with E-state index in [0.717, 1.165) is 28.3 Å². The number of methoxy groups -OCH3 is 2. The third-order valence-corrected chi connectivity index (χ3v) is 2.72. The fourth-order valence-corrected chi connectivity index (χ4v) is 1.68. The number of aromatic nitrogens is 2. The summed E-state index contributed by atoms with van der Waals surface area (Å²) in [6.45, 7) is 1.91. The molecule has 2 rings (SSSR count). The van der Waals surface area contributed by atoms with Crippen LogP contribution in [-0.4, -0.2) is 24.4 Å². The predicted octanol–water partition coefficient (Wildman–Crippen LogP) is 1.98. The molecule has 1 aromatic heterocycles. The van der Waals surface area contributed by atoms with E-state index >= 15 is 0 Å². The number of anilines is 1. The molecule has 2 aromatic rings. The summed E-state index contributed by atoms with van der Waals surface area (Å²) in [7, 11) is 3.25. The van der Waals surface area contributed by atoms with Gasteiger partial charge in [0, 0.05) is 11.1 Å². The Hall–Kier alpha value is -2.17. The van der Waals surface area contributed by atoms with Gasteiger partial charge in [0.2, 0.25) is 0 Å². The van der Waals surface area contributed by atoms with Crippen molar-refractivity contribution in [2.24, 2.45) is 0 Å². The molecule has 1 heterocycles. The maximum atomic E-state index is 5.73. The minimum Gasteiger partial charge on any atom is -0.497 e. The van der Waals surface area contributed by atoms with E-state index in [1.807, 2.05) is 25.1 Å². The van der Waals surface area contributed by atoms with Crippen molar-refractivity contribution in [2.75, 3.05) is 20.0 Å². The number of rotatable bonds is 3. The number of ether oxygens (including phenoxy) is 2. The van der Waals surface area contributed by atoms with Gasteiger partial charge < -0.3 is 15.2 Å². The fourth-order valence-electron chi connectivity index (χ4n) is 1.68. The molecule has 1 aromatic carbocycles. The van der Waals surface area contributed by atoms with Gasteiger partial charge >= 0.3 is 0 Å². The van der Waals surface area contributed by atoms with Crippen molar-refractivity contribution in [1.29, 1.82) is 0 Å². The molecule has 0 atom stereocenters. The van der Waals surface area contributed by atoms with Crippen LogP contribution < -0.4 is 15.2 Å². The lowest BCUT2D eigenvalue weighted by Crippen LogP contribution is -1.92. The van der Waals surface area contributed by atoms with Gasteiger partial charge in [0.05, 0.1) is 19.9 Å². The van der Waals surface area contributed by atoms with E-state index in [4.69, 9.17) is 15.2 Å². The molecule has 0 aliphatic carbocycles. The molecule has 0 saturated carbocycles. The van der Waals surface area contributed by atoms with Crippen molar-refractivity contribution in [1.82, 2.24) is 10.2 Å². The van der Waals surface area contributed by atoms with E-state index in [-0.39, 0.29) is 0 Å². The molecule has 17 heavy (non-hydrogen) atoms. The summed E-state index contributed by atoms with van der Waals surface area (Å²) >= 11 is 0. The standard InChI is InChI=1S/C12H15N3O2/c1-7-11(14-15-12(7)13)9-6-8(16-2)4-5-10(9)17-3/h4-6H,1-3H3,(H3,13,14,15). The van der Waals surface area contributed by atoms with E-state index in [2.05, 4.69) is 10.2 Å². The van der Waals surface area contributed by atoms with Crippen molar-refractivity contribution < 1.29 is 9.47 Å². The monoisotopic (exact) mass is 233 g/mol. The average Bonchev–Trinajstić information content (AvgIpc) is 2.69. The summed E-state index contributed by atoms with van der Waals surface area (Å²) in [6, 6.07) is 5.58. The van der Waals surface area contributed by atoms with Crippen LogP contribution in [0, 0.1) is 6.92 Å². The molecule has 0 unspecified atom stereocenters. The Morgan fingerprint density at radius 2 is 2.00 bits per heavy atom. The first-order valence-corrected chi connectivity index (χ1v) is 5.20. The smallest absolute Gasteiger partial charge is 0.148 e. The van der Waals surface area contributed by atoms with Gasteiger partial charge in [-0.15, -0.1) is 0 Å². The van der Waals surface area contributed by atoms with Gasteiger partial charge in [-0.3, -0.25) is 5.10 Å². The van der Waals surface area contributed by atoms with Gasteiger partial charge in [0.25, 0.3) is 0 Å². The number of nitrogens with one attached hydrogen (secondary N) is 1. The van der Waals surface area contributed by atoms with Gasteiger partial charge in [0.15, 0.2) is 0 Å². The summed E-state index contributed by atoms with van der Waals surface area (Å²) < 4.78 is 10.5. The van der Waals surface area contributed by atoms with Crippen molar-refractivity contribution >= 4 is 5.82 Å². The largest absolute Gasteiger partial charge is 0.497 e. The second-order valence-corrected chi connectivity index (χ2v) is 3.68. The van der Waals surface area contributed by atoms with Gasteiger partial charge in [-0.05, 0) is 25.1 Å². The number of nitrogens with zero attached hydrogens (tertiary/aromatic N) is 1. The highest BCUT2D eigenvalue weighted by atomic mass is 16.5. The van der Waals surface area contributed by atoms with Crippen LogP contribution in [0.25, 0.3) is 11.3 Å². The fraction of sp³-hybridized carbons (Fsp3) is 0.250. The maximum Gasteiger partial charge on any atom is 0.148 e. The Bertz CT molecular complexity index is 535. The number of hydrogen-bond donors (Lipinski definition) is 2. The minimum absolute atomic E-state index is 0.491. The van der Waals surface area contributed by atoms with Crippen molar-refractivity contribution in [3.8, 4) is 22.8 Å². The van der Waals surface area contributed by atoms with Crippen LogP contribution in [0.5, 0.6) is 11.5 Å². The zero-order chi connectivity index (χ0) is 12.4. The molecular formula is C12H15N3O2. The van der Waals surface area contributed by atoms with E-state index < -0.39 is 0 Å². The van der Waals surface area contributed by atoms with Crippen LogP contribution in [0.3, 0.4) is 0 Å². The molecule has 0 radical (unpaired) electrons. The quantitative estimate of drug-likeness (QED) is 0.850. The molecule has 0 spiro atoms. The topological polar surface area (TPSA) is 73.2 Å². The van der Waals surface area contributed by atoms with Gasteiger partial charge in [0.1, 0.15) is 17.3 Å². The minimum atomic E-state index is 0.491. The van der Waals surface area contributed by atoms with E-state index in [1.165, 1.54) is 0 Å². The number of benzene rings is 1. The molecule has 0 saturated heterocycles. The zero-order valence-electron chi connectivity index (χ0n) is 10.1. The summed E-state index contributed by atoms with van der Waals surface area (Å²) in [4.78, 5) is 0. The molecule has 5 nitrogen and oxygen atoms in total. The number of aromatic amines is 1. The Kier molecular flexibility index (Phi) is 2.91. The van der Waals surface area contributed by atoms with Crippen LogP contribution in [0.2, 0.25) is 0 Å². The van der Waals surface area contributed by atoms with Crippen molar-refractivity contribution in [2.45, 2.75) is 6.92 Å². The molecule has 3 N–H and O–H groups in total. The Morgan fingerprint density at radius 1 is 1.24 bits per heavy atom. The number of nitrogens with two attached hydrogens (primary N) is 1. The Labute approximate surface area is 99.5 Å². The normalized spacial score (nSPS) is 10.3. The van der Waals surface area contributed by atoms with Crippen LogP contribution in [-0.2, 0) is 0 Å². The van der Waals surface area contributed by atoms with Gasteiger partial charge in [-0.1, -0.05) is 0 Å². The summed E-state index contributed by atoms with van der Waals surface area (Å²) in [5.74, 6) is 2.00. The van der Waals surface area contributed by atoms with Crippen LogP contribution in [0.4, 0.5) is 5.82 Å². The molecule has 0 bridgehead atoms. The number of hydrogen-bond acceptors (Lipinski definition) is 4. The number of nitrogen functional groups attached to an aromatic ring is 1. The van der Waals surface area contributed by atoms with Crippen LogP contribution >= 0.6 is 0 Å². The summed E-state index contributed by atoms with van der Waals surface area (Å²) in [5, 5.41) is 6.89. The van der Waals surface area contributed by atoms with E-state index in [1.54, 1.807) is 14.2 Å². The maximum absolute atomic E-state index is 5.73. The molecule has 0 aliphatic heterocycles. The SMILES string of the molecule is COc1ccc(OC)c(-c2[nH]nc(N)c2C)c1. The zero-order valence-corrected chi connectivity index (χ0v) is 10.1. The van der Waals surface area contributed by atoms with Gasteiger partial charge in [-0.25, -0.2) is 0 Å². The van der Waals surface area contributed by atoms with Gasteiger partial charge in [-0.2, -0.15) is 5.10 Å². The highest BCUT2D eigenvalue weighted by molar-refractivity contribution is 5.74. The lowest BCUT2D eigenvalue weighted by atomic mass is 10.1. The van der Waals surface area contributed by atoms with E-state index in [9.17, 15) is 0 Å². The predicted molar refractivity (Wildman–Crippen MR) is 66.3 cm³/mol. The third-order valence-electron chi connectivity index (χ3n) is 2.72. The molecule has 0 amide bonds. The lowest BCUT2D eigenvalue weighted by molar-refractivity contribution is 0.404. The highest BCUT2D eigenvalue weighted by Gasteiger charge is 2.13. The highest BCUT2D eigenvalue weighted by Crippen LogP contribution is 2.35. The molecular weight excluding hydrogens is 218 g/mol. The Balaban J connectivity index is 2.60. The molecule has 5 heteroatoms. The number of H-pyrrole nitrogens is 1. The summed E-state index contributed by atoms with van der Waals surface area (Å²) in [6.07, 6.45) is 0. The second-order valence-electron chi connectivity index (χ2n) is 3.68.